The van der Waals surface area contributed by atoms with Gasteiger partial charge in [0.25, 0.3) is 0 Å². The number of rotatable bonds is 4. The fourth-order valence-corrected chi connectivity index (χ4v) is 6.13. The summed E-state index contributed by atoms with van der Waals surface area (Å²) in [6, 6.07) is 16.1. The Morgan fingerprint density at radius 2 is 1.42 bits per heavy atom. The second-order valence-corrected chi connectivity index (χ2v) is 13.7. The minimum atomic E-state index is -2.22. The van der Waals surface area contributed by atoms with Crippen molar-refractivity contribution in [2.24, 2.45) is 0 Å². The fraction of sp³-hybridized carbons (Fsp3) is 0.143. The Morgan fingerprint density at radius 3 is 1.95 bits per heavy atom. The molecule has 0 bridgehead atoms. The average molecular weight is 326 g/mol. The number of aryl methyl sites for hydroxylation is 2. The molecule has 0 heterocycles. The highest BCUT2D eigenvalue weighted by atomic mass is 33.2. The van der Waals surface area contributed by atoms with Crippen molar-refractivity contribution in [3.05, 3.63) is 59.7 Å². The van der Waals surface area contributed by atoms with Crippen LogP contribution in [0.2, 0.25) is 0 Å². The van der Waals surface area contributed by atoms with Crippen molar-refractivity contribution in [1.29, 1.82) is 0 Å². The Morgan fingerprint density at radius 1 is 0.947 bits per heavy atom. The predicted molar refractivity (Wildman–Crippen MR) is 92.1 cm³/mol. The van der Waals surface area contributed by atoms with E-state index in [0.29, 0.717) is 0 Å². The van der Waals surface area contributed by atoms with E-state index in [-0.39, 0.29) is 0 Å². The van der Waals surface area contributed by atoms with Crippen LogP contribution in [0.25, 0.3) is 0 Å². The quantitative estimate of drug-likeness (QED) is 0.576. The first-order chi connectivity index (χ1) is 8.94. The van der Waals surface area contributed by atoms with Crippen LogP contribution in [-0.2, 0) is 11.8 Å². The lowest BCUT2D eigenvalue weighted by atomic mass is 10.2. The van der Waals surface area contributed by atoms with Crippen molar-refractivity contribution in [1.82, 2.24) is 0 Å². The summed E-state index contributed by atoms with van der Waals surface area (Å²) < 4.78 is 3.62. The highest BCUT2D eigenvalue weighted by Gasteiger charge is 2.16. The molecule has 0 N–H and O–H groups in total. The smallest absolute Gasteiger partial charge is 0.224 e. The van der Waals surface area contributed by atoms with Crippen LogP contribution in [-0.4, -0.2) is 0 Å². The molecule has 0 aliphatic carbocycles. The number of benzene rings is 2. The molecule has 0 amide bonds. The first-order valence-corrected chi connectivity index (χ1v) is 11.1. The van der Waals surface area contributed by atoms with Gasteiger partial charge in [-0.05, 0) is 61.3 Å². The lowest BCUT2D eigenvalue weighted by molar-refractivity contribution is 0.637. The van der Waals surface area contributed by atoms with E-state index in [1.165, 1.54) is 22.5 Å². The summed E-state index contributed by atoms with van der Waals surface area (Å²) >= 11 is 11.5. The third kappa shape index (κ3) is 4.88. The summed E-state index contributed by atoms with van der Waals surface area (Å²) in [6.07, 6.45) is 0. The van der Waals surface area contributed by atoms with Crippen LogP contribution in [0, 0.1) is 13.8 Å². The van der Waals surface area contributed by atoms with Crippen LogP contribution in [0.3, 0.4) is 0 Å². The van der Waals surface area contributed by atoms with Crippen molar-refractivity contribution in [2.45, 2.75) is 18.7 Å². The van der Waals surface area contributed by atoms with Gasteiger partial charge in [-0.3, -0.25) is 0 Å². The Hall–Kier alpha value is -0.410. The van der Waals surface area contributed by atoms with Crippen molar-refractivity contribution >= 4 is 40.1 Å². The molecular weight excluding hydrogens is 311 g/mol. The molecule has 1 unspecified atom stereocenters. The Labute approximate surface area is 128 Å². The maximum absolute atomic E-state index is 5.84. The molecule has 0 saturated carbocycles. The van der Waals surface area contributed by atoms with Crippen LogP contribution in [0.15, 0.2) is 53.4 Å². The average Bonchev–Trinajstić information content (AvgIpc) is 2.34. The standard InChI is InChI=1S/C14H15OPS3/c1-11-3-7-13(8-4-11)15-16(17,18)19-14-9-5-12(2)6-10-14/h3-10H,1-2H3,(H,17,18). The van der Waals surface area contributed by atoms with Crippen LogP contribution < -0.4 is 4.52 Å². The second kappa shape index (κ2) is 6.36. The molecule has 5 heteroatoms. The Kier molecular flexibility index (Phi) is 5.02. The molecule has 1 nitrogen and oxygen atoms in total. The molecular formula is C14H15OPS3. The van der Waals surface area contributed by atoms with Gasteiger partial charge in [-0.25, -0.2) is 0 Å². The highest BCUT2D eigenvalue weighted by Crippen LogP contribution is 2.66. The topological polar surface area (TPSA) is 9.23 Å². The zero-order valence-corrected chi connectivity index (χ0v) is 14.2. The van der Waals surface area contributed by atoms with E-state index in [1.54, 1.807) is 0 Å². The van der Waals surface area contributed by atoms with Crippen LogP contribution in [0.5, 0.6) is 5.75 Å². The predicted octanol–water partition coefficient (Wildman–Crippen LogP) is 5.63. The molecule has 0 aliphatic rings. The maximum atomic E-state index is 5.84. The summed E-state index contributed by atoms with van der Waals surface area (Å²) in [6.45, 7) is 4.11. The van der Waals surface area contributed by atoms with Crippen molar-refractivity contribution in [2.75, 3.05) is 0 Å². The first kappa shape index (κ1) is 15.0. The molecule has 100 valence electrons. The van der Waals surface area contributed by atoms with Gasteiger partial charge in [-0.2, -0.15) is 0 Å². The summed E-state index contributed by atoms with van der Waals surface area (Å²) in [4.78, 5) is 1.09. The van der Waals surface area contributed by atoms with E-state index >= 15 is 0 Å². The van der Waals surface area contributed by atoms with Crippen LogP contribution >= 0.6 is 28.3 Å². The molecule has 0 aromatic heterocycles. The molecule has 0 saturated heterocycles. The van der Waals surface area contributed by atoms with E-state index < -0.39 is 4.67 Å². The van der Waals surface area contributed by atoms with E-state index in [1.807, 2.05) is 31.2 Å². The van der Waals surface area contributed by atoms with Crippen molar-refractivity contribution < 1.29 is 4.52 Å². The second-order valence-electron chi connectivity index (χ2n) is 4.28. The Bertz CT molecular complexity index is 542. The molecule has 2 aromatic carbocycles. The molecule has 2 rings (SSSR count). The normalized spacial score (nSPS) is 13.8. The van der Waals surface area contributed by atoms with E-state index in [4.69, 9.17) is 16.3 Å². The van der Waals surface area contributed by atoms with Gasteiger partial charge >= 0.3 is 0 Å². The lowest BCUT2D eigenvalue weighted by Gasteiger charge is -2.17. The van der Waals surface area contributed by atoms with Gasteiger partial charge < -0.3 is 4.52 Å². The molecule has 2 aromatic rings. The van der Waals surface area contributed by atoms with Gasteiger partial charge in [0.2, 0.25) is 4.67 Å². The summed E-state index contributed by atoms with van der Waals surface area (Å²) in [5, 5.41) is 0. The number of hydrogen-bond acceptors (Lipinski definition) is 3. The minimum absolute atomic E-state index is 0.781. The monoisotopic (exact) mass is 326 g/mol. The molecule has 19 heavy (non-hydrogen) atoms. The third-order valence-corrected chi connectivity index (χ3v) is 7.06. The van der Waals surface area contributed by atoms with Crippen LogP contribution in [0.4, 0.5) is 0 Å². The third-order valence-electron chi connectivity index (χ3n) is 2.48. The van der Waals surface area contributed by atoms with E-state index in [2.05, 4.69) is 43.4 Å². The molecule has 0 aliphatic heterocycles. The first-order valence-electron chi connectivity index (χ1n) is 5.80. The van der Waals surface area contributed by atoms with Gasteiger partial charge in [0.1, 0.15) is 5.75 Å². The molecule has 0 spiro atoms. The van der Waals surface area contributed by atoms with Gasteiger partial charge in [-0.15, -0.1) is 0 Å². The molecule has 1 atom stereocenters. The zero-order chi connectivity index (χ0) is 13.9. The van der Waals surface area contributed by atoms with Crippen molar-refractivity contribution in [3.63, 3.8) is 0 Å². The SMILES string of the molecule is Cc1ccc(OP(=S)(S)Sc2ccc(C)cc2)cc1. The molecule has 0 radical (unpaired) electrons. The van der Waals surface area contributed by atoms with Gasteiger partial charge in [-0.1, -0.05) is 47.6 Å². The minimum Gasteiger partial charge on any atom is -0.448 e. The maximum Gasteiger partial charge on any atom is 0.224 e. The lowest BCUT2D eigenvalue weighted by Crippen LogP contribution is -1.84. The fourth-order valence-electron chi connectivity index (χ4n) is 1.48. The van der Waals surface area contributed by atoms with Gasteiger partial charge in [0.05, 0.1) is 0 Å². The summed E-state index contributed by atoms with van der Waals surface area (Å²) in [5.41, 5.74) is 2.43. The van der Waals surface area contributed by atoms with Crippen molar-refractivity contribution in [3.8, 4) is 5.75 Å². The summed E-state index contributed by atoms with van der Waals surface area (Å²) in [5.74, 6) is 0.781. The van der Waals surface area contributed by atoms with Crippen LogP contribution in [0.1, 0.15) is 11.1 Å². The number of hydrogen-bond donors (Lipinski definition) is 1. The number of thiol groups is 1. The molecule has 0 fully saturated rings. The van der Waals surface area contributed by atoms with E-state index in [9.17, 15) is 0 Å². The van der Waals surface area contributed by atoms with Gasteiger partial charge in [0, 0.05) is 4.90 Å². The summed E-state index contributed by atoms with van der Waals surface area (Å²) in [7, 11) is 0. The van der Waals surface area contributed by atoms with E-state index in [0.717, 1.165) is 10.6 Å². The highest BCUT2D eigenvalue weighted by molar-refractivity contribution is 8.95. The Balaban J connectivity index is 2.08. The zero-order valence-electron chi connectivity index (χ0n) is 10.7. The largest absolute Gasteiger partial charge is 0.448 e. The van der Waals surface area contributed by atoms with Gasteiger partial charge in [0.15, 0.2) is 0 Å².